The summed E-state index contributed by atoms with van der Waals surface area (Å²) in [5.74, 6) is 0.284. The van der Waals surface area contributed by atoms with E-state index in [1.54, 1.807) is 4.68 Å². The number of carbonyl (C=O) groups is 1. The van der Waals surface area contributed by atoms with E-state index in [9.17, 15) is 4.79 Å². The van der Waals surface area contributed by atoms with Crippen molar-refractivity contribution in [2.75, 3.05) is 0 Å². The van der Waals surface area contributed by atoms with Gasteiger partial charge in [-0.25, -0.2) is 9.67 Å². The summed E-state index contributed by atoms with van der Waals surface area (Å²) >= 11 is 3.43. The topological polar surface area (TPSA) is 47.8 Å². The van der Waals surface area contributed by atoms with E-state index < -0.39 is 0 Å². The summed E-state index contributed by atoms with van der Waals surface area (Å²) in [6.07, 6.45) is 1.42. The van der Waals surface area contributed by atoms with E-state index in [0.717, 1.165) is 10.0 Å². The summed E-state index contributed by atoms with van der Waals surface area (Å²) in [6, 6.07) is 5.68. The van der Waals surface area contributed by atoms with Crippen molar-refractivity contribution in [2.45, 2.75) is 26.8 Å². The Balaban J connectivity index is 2.49. The molecule has 0 amide bonds. The molecule has 0 aliphatic rings. The van der Waals surface area contributed by atoms with Crippen molar-refractivity contribution >= 4 is 21.7 Å². The highest BCUT2D eigenvalue weighted by Crippen LogP contribution is 2.21. The van der Waals surface area contributed by atoms with Crippen molar-refractivity contribution in [3.05, 3.63) is 46.0 Å². The molecule has 4 nitrogen and oxygen atoms in total. The summed E-state index contributed by atoms with van der Waals surface area (Å²) in [5.41, 5.74) is 1.57. The van der Waals surface area contributed by atoms with Crippen LogP contribution in [0.5, 0.6) is 0 Å². The van der Waals surface area contributed by atoms with E-state index in [-0.39, 0.29) is 11.8 Å². The van der Waals surface area contributed by atoms with E-state index in [4.69, 9.17) is 0 Å². The normalized spacial score (nSPS) is 10.9. The van der Waals surface area contributed by atoms with Crippen molar-refractivity contribution in [3.8, 4) is 0 Å². The van der Waals surface area contributed by atoms with Crippen LogP contribution in [0.15, 0.2) is 29.0 Å². The van der Waals surface area contributed by atoms with Gasteiger partial charge in [0.25, 0.3) is 0 Å². The van der Waals surface area contributed by atoms with Crippen molar-refractivity contribution in [1.29, 1.82) is 0 Å². The van der Waals surface area contributed by atoms with Crippen LogP contribution in [0.25, 0.3) is 0 Å². The summed E-state index contributed by atoms with van der Waals surface area (Å²) in [5, 5.41) is 4.09. The number of benzene rings is 1. The number of nitrogens with zero attached hydrogens (tertiary/aromatic N) is 3. The minimum absolute atomic E-state index is 0.0972. The molecule has 2 rings (SSSR count). The molecule has 94 valence electrons. The van der Waals surface area contributed by atoms with Gasteiger partial charge in [-0.15, -0.1) is 0 Å². The summed E-state index contributed by atoms with van der Waals surface area (Å²) in [4.78, 5) is 16.5. The number of rotatable bonds is 3. The van der Waals surface area contributed by atoms with Crippen LogP contribution < -0.4 is 0 Å². The monoisotopic (exact) mass is 307 g/mol. The molecule has 0 spiro atoms. The first-order valence-electron chi connectivity index (χ1n) is 5.71. The van der Waals surface area contributed by atoms with Gasteiger partial charge in [-0.05, 0) is 32.4 Å². The van der Waals surface area contributed by atoms with E-state index in [0.29, 0.717) is 11.4 Å². The van der Waals surface area contributed by atoms with Crippen LogP contribution in [0.3, 0.4) is 0 Å². The molecule has 1 aromatic heterocycles. The summed E-state index contributed by atoms with van der Waals surface area (Å²) < 4.78 is 2.56. The Morgan fingerprint density at radius 2 is 2.11 bits per heavy atom. The van der Waals surface area contributed by atoms with E-state index in [1.165, 1.54) is 6.33 Å². The van der Waals surface area contributed by atoms with Crippen LogP contribution in [0, 0.1) is 6.92 Å². The highest BCUT2D eigenvalue weighted by molar-refractivity contribution is 9.10. The average Bonchev–Trinajstić information content (AvgIpc) is 2.81. The van der Waals surface area contributed by atoms with Gasteiger partial charge >= 0.3 is 0 Å². The lowest BCUT2D eigenvalue weighted by atomic mass is 10.0. The summed E-state index contributed by atoms with van der Waals surface area (Å²) in [7, 11) is 0. The van der Waals surface area contributed by atoms with E-state index in [2.05, 4.69) is 26.0 Å². The third kappa shape index (κ3) is 2.22. The number of halogens is 1. The predicted molar refractivity (Wildman–Crippen MR) is 72.7 cm³/mol. The minimum atomic E-state index is -0.0972. The number of carbonyl (C=O) groups excluding carboxylic acids is 1. The lowest BCUT2D eigenvalue weighted by Crippen LogP contribution is -2.15. The van der Waals surface area contributed by atoms with E-state index >= 15 is 0 Å². The molecule has 1 aromatic carbocycles. The van der Waals surface area contributed by atoms with Crippen LogP contribution in [0.4, 0.5) is 0 Å². The zero-order valence-corrected chi connectivity index (χ0v) is 12.1. The molecule has 0 radical (unpaired) electrons. The first kappa shape index (κ1) is 13.0. The molecule has 5 heteroatoms. The fourth-order valence-electron chi connectivity index (χ4n) is 1.76. The van der Waals surface area contributed by atoms with Gasteiger partial charge in [-0.2, -0.15) is 5.10 Å². The Kier molecular flexibility index (Phi) is 3.61. The number of ketones is 1. The van der Waals surface area contributed by atoms with Gasteiger partial charge in [-0.3, -0.25) is 4.79 Å². The molecule has 0 aliphatic heterocycles. The Morgan fingerprint density at radius 1 is 1.39 bits per heavy atom. The molecule has 0 fully saturated rings. The Morgan fingerprint density at radius 3 is 2.78 bits per heavy atom. The molecule has 0 saturated carbocycles. The Bertz CT molecular complexity index is 590. The number of hydrogen-bond acceptors (Lipinski definition) is 3. The molecule has 0 bridgehead atoms. The van der Waals surface area contributed by atoms with Crippen molar-refractivity contribution in [3.63, 3.8) is 0 Å². The van der Waals surface area contributed by atoms with Gasteiger partial charge < -0.3 is 0 Å². The fraction of sp³-hybridized carbons (Fsp3) is 0.308. The minimum Gasteiger partial charge on any atom is -0.285 e. The molecule has 18 heavy (non-hydrogen) atoms. The highest BCUT2D eigenvalue weighted by atomic mass is 79.9. The van der Waals surface area contributed by atoms with Gasteiger partial charge in [0, 0.05) is 16.1 Å². The molecule has 0 unspecified atom stereocenters. The van der Waals surface area contributed by atoms with Crippen molar-refractivity contribution in [1.82, 2.24) is 14.8 Å². The number of aromatic nitrogens is 3. The SMILES string of the molecule is Cc1c(Br)cccc1C(=O)c1ncnn1C(C)C. The quantitative estimate of drug-likeness (QED) is 0.818. The zero-order chi connectivity index (χ0) is 13.3. The molecule has 0 aliphatic carbocycles. The maximum atomic E-state index is 12.5. The second-order valence-electron chi connectivity index (χ2n) is 4.36. The molecule has 0 atom stereocenters. The van der Waals surface area contributed by atoms with Gasteiger partial charge in [0.05, 0.1) is 0 Å². The maximum Gasteiger partial charge on any atom is 0.230 e. The second kappa shape index (κ2) is 5.02. The molecule has 0 N–H and O–H groups in total. The maximum absolute atomic E-state index is 12.5. The Hall–Kier alpha value is -1.49. The Labute approximate surface area is 114 Å². The first-order valence-corrected chi connectivity index (χ1v) is 6.51. The zero-order valence-electron chi connectivity index (χ0n) is 10.5. The lowest BCUT2D eigenvalue weighted by molar-refractivity contribution is 0.102. The van der Waals surface area contributed by atoms with E-state index in [1.807, 2.05) is 39.0 Å². The molecular formula is C13H14BrN3O. The first-order chi connectivity index (χ1) is 8.52. The third-order valence-electron chi connectivity index (χ3n) is 2.78. The van der Waals surface area contributed by atoms with Crippen LogP contribution in [-0.2, 0) is 0 Å². The van der Waals surface area contributed by atoms with Crippen LogP contribution >= 0.6 is 15.9 Å². The molecule has 1 heterocycles. The van der Waals surface area contributed by atoms with Crippen LogP contribution in [-0.4, -0.2) is 20.5 Å². The third-order valence-corrected chi connectivity index (χ3v) is 3.64. The fourth-order valence-corrected chi connectivity index (χ4v) is 2.13. The second-order valence-corrected chi connectivity index (χ2v) is 5.22. The van der Waals surface area contributed by atoms with Gasteiger partial charge in [0.1, 0.15) is 6.33 Å². The summed E-state index contributed by atoms with van der Waals surface area (Å²) in [6.45, 7) is 5.85. The predicted octanol–water partition coefficient (Wildman–Crippen LogP) is 3.16. The van der Waals surface area contributed by atoms with Crippen molar-refractivity contribution < 1.29 is 4.79 Å². The van der Waals surface area contributed by atoms with Gasteiger partial charge in [-0.1, -0.05) is 28.1 Å². The average molecular weight is 308 g/mol. The lowest BCUT2D eigenvalue weighted by Gasteiger charge is -2.10. The van der Waals surface area contributed by atoms with Crippen LogP contribution in [0.2, 0.25) is 0 Å². The highest BCUT2D eigenvalue weighted by Gasteiger charge is 2.19. The largest absolute Gasteiger partial charge is 0.285 e. The van der Waals surface area contributed by atoms with Gasteiger partial charge in [0.2, 0.25) is 5.78 Å². The standard InChI is InChI=1S/C13H14BrN3O/c1-8(2)17-13(15-7-16-17)12(18)10-5-4-6-11(14)9(10)3/h4-8H,1-3H3. The molecular weight excluding hydrogens is 294 g/mol. The molecule has 0 saturated heterocycles. The number of hydrogen-bond donors (Lipinski definition) is 0. The molecule has 2 aromatic rings. The smallest absolute Gasteiger partial charge is 0.230 e. The van der Waals surface area contributed by atoms with Gasteiger partial charge in [0.15, 0.2) is 5.82 Å². The van der Waals surface area contributed by atoms with Crippen LogP contribution in [0.1, 0.15) is 41.6 Å². The van der Waals surface area contributed by atoms with Crippen molar-refractivity contribution in [2.24, 2.45) is 0 Å².